The van der Waals surface area contributed by atoms with Crippen LogP contribution < -0.4 is 5.32 Å². The number of carbonyl (C=O) groups is 1. The average molecular weight is 293 g/mol. The molecule has 0 aliphatic carbocycles. The minimum absolute atomic E-state index is 0.107. The zero-order valence-electron chi connectivity index (χ0n) is 10.7. The summed E-state index contributed by atoms with van der Waals surface area (Å²) in [6.07, 6.45) is 0. The number of benzene rings is 2. The van der Waals surface area contributed by atoms with E-state index in [2.05, 4.69) is 17.9 Å². The largest absolute Gasteiger partial charge is 0.346 e. The summed E-state index contributed by atoms with van der Waals surface area (Å²) in [6.45, 7) is 1.75. The van der Waals surface area contributed by atoms with Crippen LogP contribution in [0, 0.1) is 11.6 Å². The first-order chi connectivity index (χ1) is 9.47. The maximum atomic E-state index is 13.1. The molecule has 1 N–H and O–H groups in total. The van der Waals surface area contributed by atoms with Gasteiger partial charge in [-0.1, -0.05) is 12.1 Å². The summed E-state index contributed by atoms with van der Waals surface area (Å²) in [7, 11) is 0. The Bertz CT molecular complexity index is 646. The van der Waals surface area contributed by atoms with Crippen molar-refractivity contribution in [3.05, 3.63) is 65.2 Å². The lowest BCUT2D eigenvalue weighted by Crippen LogP contribution is -2.26. The van der Waals surface area contributed by atoms with Gasteiger partial charge in [0, 0.05) is 10.5 Å². The van der Waals surface area contributed by atoms with Gasteiger partial charge >= 0.3 is 0 Å². The molecule has 104 valence electrons. The van der Waals surface area contributed by atoms with E-state index < -0.39 is 5.82 Å². The second-order valence-electron chi connectivity index (χ2n) is 4.42. The Morgan fingerprint density at radius 1 is 1.20 bits per heavy atom. The van der Waals surface area contributed by atoms with Crippen molar-refractivity contribution in [1.29, 1.82) is 0 Å². The topological polar surface area (TPSA) is 29.1 Å². The highest BCUT2D eigenvalue weighted by atomic mass is 32.1. The van der Waals surface area contributed by atoms with Gasteiger partial charge in [0.1, 0.15) is 11.6 Å². The molecule has 0 aliphatic heterocycles. The van der Waals surface area contributed by atoms with Crippen LogP contribution >= 0.6 is 12.6 Å². The summed E-state index contributed by atoms with van der Waals surface area (Å²) < 4.78 is 26.2. The fourth-order valence-electron chi connectivity index (χ4n) is 1.79. The molecule has 0 heterocycles. The molecule has 0 fully saturated rings. The monoisotopic (exact) mass is 293 g/mol. The van der Waals surface area contributed by atoms with Crippen molar-refractivity contribution in [2.24, 2.45) is 0 Å². The van der Waals surface area contributed by atoms with Gasteiger partial charge < -0.3 is 5.32 Å². The molecule has 20 heavy (non-hydrogen) atoms. The molecular weight excluding hydrogens is 280 g/mol. The van der Waals surface area contributed by atoms with Crippen LogP contribution in [-0.2, 0) is 0 Å². The molecule has 0 aliphatic rings. The van der Waals surface area contributed by atoms with Gasteiger partial charge in [-0.3, -0.25) is 4.79 Å². The molecule has 2 aromatic rings. The molecular formula is C15H13F2NOS. The van der Waals surface area contributed by atoms with Crippen molar-refractivity contribution in [3.8, 4) is 0 Å². The first kappa shape index (κ1) is 14.5. The standard InChI is InChI=1S/C15H13F2NOS/c1-9(10-3-2-4-12(16)7-10)18-15(19)11-5-6-13(17)14(20)8-11/h2-9,20H,1H3,(H,18,19). The van der Waals surface area contributed by atoms with Crippen molar-refractivity contribution in [3.63, 3.8) is 0 Å². The third-order valence-electron chi connectivity index (χ3n) is 2.90. The second kappa shape index (κ2) is 6.05. The first-order valence-electron chi connectivity index (χ1n) is 6.02. The summed E-state index contributed by atoms with van der Waals surface area (Å²) in [4.78, 5) is 12.1. The summed E-state index contributed by atoms with van der Waals surface area (Å²) >= 11 is 3.93. The number of amides is 1. The quantitative estimate of drug-likeness (QED) is 0.829. The highest BCUT2D eigenvalue weighted by Gasteiger charge is 2.13. The number of halogens is 2. The molecule has 2 nitrogen and oxygen atoms in total. The van der Waals surface area contributed by atoms with E-state index in [-0.39, 0.29) is 22.7 Å². The Hall–Kier alpha value is -1.88. The van der Waals surface area contributed by atoms with Crippen molar-refractivity contribution < 1.29 is 13.6 Å². The fraction of sp³-hybridized carbons (Fsp3) is 0.133. The number of carbonyl (C=O) groups excluding carboxylic acids is 1. The molecule has 1 unspecified atom stereocenters. The Labute approximate surface area is 121 Å². The van der Waals surface area contributed by atoms with Gasteiger partial charge in [0.2, 0.25) is 0 Å². The predicted octanol–water partition coefficient (Wildman–Crippen LogP) is 3.74. The van der Waals surface area contributed by atoms with Gasteiger partial charge in [-0.2, -0.15) is 0 Å². The average Bonchev–Trinajstić information content (AvgIpc) is 2.41. The molecule has 2 rings (SSSR count). The molecule has 1 amide bonds. The van der Waals surface area contributed by atoms with E-state index in [0.29, 0.717) is 11.1 Å². The summed E-state index contributed by atoms with van der Waals surface area (Å²) in [6, 6.07) is 9.57. The minimum Gasteiger partial charge on any atom is -0.346 e. The molecule has 1 atom stereocenters. The minimum atomic E-state index is -0.483. The molecule has 2 aromatic carbocycles. The number of thiol groups is 1. The van der Waals surface area contributed by atoms with Crippen LogP contribution in [0.5, 0.6) is 0 Å². The van der Waals surface area contributed by atoms with Crippen molar-refractivity contribution in [1.82, 2.24) is 5.32 Å². The summed E-state index contributed by atoms with van der Waals surface area (Å²) in [5.74, 6) is -1.21. The third kappa shape index (κ3) is 3.36. The lowest BCUT2D eigenvalue weighted by Gasteiger charge is -2.14. The number of rotatable bonds is 3. The SMILES string of the molecule is CC(NC(=O)c1ccc(F)c(S)c1)c1cccc(F)c1. The Balaban J connectivity index is 2.13. The Morgan fingerprint density at radius 3 is 2.60 bits per heavy atom. The van der Waals surface area contributed by atoms with Crippen LogP contribution in [0.3, 0.4) is 0 Å². The highest BCUT2D eigenvalue weighted by Crippen LogP contribution is 2.17. The molecule has 0 bridgehead atoms. The van der Waals surface area contributed by atoms with Gasteiger partial charge in [0.25, 0.3) is 5.91 Å². The predicted molar refractivity (Wildman–Crippen MR) is 75.9 cm³/mol. The molecule has 0 spiro atoms. The van der Waals surface area contributed by atoms with E-state index in [1.807, 2.05) is 0 Å². The van der Waals surface area contributed by atoms with Crippen LogP contribution in [0.2, 0.25) is 0 Å². The maximum Gasteiger partial charge on any atom is 0.251 e. The number of hydrogen-bond acceptors (Lipinski definition) is 2. The zero-order valence-corrected chi connectivity index (χ0v) is 11.6. The maximum absolute atomic E-state index is 13.1. The van der Waals surface area contributed by atoms with Crippen molar-refractivity contribution >= 4 is 18.5 Å². The Morgan fingerprint density at radius 2 is 1.95 bits per heavy atom. The van der Waals surface area contributed by atoms with E-state index in [9.17, 15) is 13.6 Å². The molecule has 5 heteroatoms. The molecule has 0 radical (unpaired) electrons. The molecule has 0 saturated carbocycles. The van der Waals surface area contributed by atoms with Crippen LogP contribution in [0.1, 0.15) is 28.9 Å². The van der Waals surface area contributed by atoms with Gasteiger partial charge in [-0.25, -0.2) is 8.78 Å². The van der Waals surface area contributed by atoms with E-state index >= 15 is 0 Å². The number of hydrogen-bond donors (Lipinski definition) is 2. The van der Waals surface area contributed by atoms with Gasteiger partial charge in [0.15, 0.2) is 0 Å². The van der Waals surface area contributed by atoms with Gasteiger partial charge in [-0.15, -0.1) is 12.6 Å². The van der Waals surface area contributed by atoms with E-state index in [4.69, 9.17) is 0 Å². The lowest BCUT2D eigenvalue weighted by atomic mass is 10.1. The number of nitrogens with one attached hydrogen (secondary N) is 1. The second-order valence-corrected chi connectivity index (χ2v) is 4.90. The van der Waals surface area contributed by atoms with E-state index in [0.717, 1.165) is 0 Å². The van der Waals surface area contributed by atoms with Crippen LogP contribution in [0.15, 0.2) is 47.4 Å². The third-order valence-corrected chi connectivity index (χ3v) is 3.25. The van der Waals surface area contributed by atoms with Gasteiger partial charge in [-0.05, 0) is 42.8 Å². The lowest BCUT2D eigenvalue weighted by molar-refractivity contribution is 0.0939. The molecule has 0 saturated heterocycles. The zero-order chi connectivity index (χ0) is 14.7. The van der Waals surface area contributed by atoms with Gasteiger partial charge in [0.05, 0.1) is 6.04 Å². The van der Waals surface area contributed by atoms with E-state index in [1.54, 1.807) is 19.1 Å². The van der Waals surface area contributed by atoms with Crippen LogP contribution in [-0.4, -0.2) is 5.91 Å². The highest BCUT2D eigenvalue weighted by molar-refractivity contribution is 7.80. The fourth-order valence-corrected chi connectivity index (χ4v) is 2.01. The van der Waals surface area contributed by atoms with Crippen LogP contribution in [0.25, 0.3) is 0 Å². The van der Waals surface area contributed by atoms with Crippen LogP contribution in [0.4, 0.5) is 8.78 Å². The van der Waals surface area contributed by atoms with Crippen molar-refractivity contribution in [2.45, 2.75) is 17.9 Å². The van der Waals surface area contributed by atoms with Crippen molar-refractivity contribution in [2.75, 3.05) is 0 Å². The first-order valence-corrected chi connectivity index (χ1v) is 6.47. The smallest absolute Gasteiger partial charge is 0.251 e. The normalized spacial score (nSPS) is 12.0. The van der Waals surface area contributed by atoms with E-state index in [1.165, 1.54) is 30.3 Å². The summed E-state index contributed by atoms with van der Waals surface area (Å²) in [5.41, 5.74) is 0.964. The Kier molecular flexibility index (Phi) is 4.39. The summed E-state index contributed by atoms with van der Waals surface area (Å²) in [5, 5.41) is 2.72. The molecule has 0 aromatic heterocycles.